The van der Waals surface area contributed by atoms with Gasteiger partial charge in [-0.2, -0.15) is 0 Å². The highest BCUT2D eigenvalue weighted by Gasteiger charge is 2.37. The number of hydrogen-bond donors (Lipinski definition) is 1. The molecule has 0 saturated heterocycles. The molecule has 0 fully saturated rings. The molecule has 6 nitrogen and oxygen atoms in total. The van der Waals surface area contributed by atoms with E-state index in [1.165, 1.54) is 14.2 Å². The number of benzene rings is 1. The van der Waals surface area contributed by atoms with Gasteiger partial charge in [0.15, 0.2) is 0 Å². The molecule has 26 heavy (non-hydrogen) atoms. The van der Waals surface area contributed by atoms with Crippen molar-refractivity contribution >= 4 is 11.9 Å². The third-order valence-electron chi connectivity index (χ3n) is 4.38. The predicted octanol–water partition coefficient (Wildman–Crippen LogP) is 2.33. The first kappa shape index (κ1) is 19.7. The lowest BCUT2D eigenvalue weighted by atomic mass is 9.80. The number of methoxy groups -OCH3 is 2. The lowest BCUT2D eigenvalue weighted by molar-refractivity contribution is -0.137. The van der Waals surface area contributed by atoms with E-state index in [0.29, 0.717) is 22.5 Å². The number of ether oxygens (including phenoxy) is 2. The lowest BCUT2D eigenvalue weighted by Crippen LogP contribution is -2.32. The zero-order valence-electron chi connectivity index (χ0n) is 16.2. The number of nitrogens with zero attached hydrogens (tertiary/aromatic N) is 1. The number of esters is 2. The first-order valence-electron chi connectivity index (χ1n) is 8.38. The SMILES string of the molecule is COC(=O)C1=C(C)NC(C)=C(C(=O)OC)C1c1ccc(CN(C)C)cc1. The van der Waals surface area contributed by atoms with Gasteiger partial charge in [-0.05, 0) is 39.1 Å². The maximum atomic E-state index is 12.4. The molecule has 0 aromatic heterocycles. The normalized spacial score (nSPS) is 15.2. The van der Waals surface area contributed by atoms with E-state index >= 15 is 0 Å². The summed E-state index contributed by atoms with van der Waals surface area (Å²) in [5.41, 5.74) is 4.16. The molecule has 1 N–H and O–H groups in total. The Kier molecular flexibility index (Phi) is 6.21. The summed E-state index contributed by atoms with van der Waals surface area (Å²) in [6.45, 7) is 4.42. The Hall–Kier alpha value is -2.60. The molecule has 0 atom stereocenters. The predicted molar refractivity (Wildman–Crippen MR) is 99.1 cm³/mol. The molecule has 0 aliphatic carbocycles. The fraction of sp³-hybridized carbons (Fsp3) is 0.400. The maximum absolute atomic E-state index is 12.4. The van der Waals surface area contributed by atoms with Crippen LogP contribution in [-0.2, 0) is 25.6 Å². The molecule has 0 bridgehead atoms. The Morgan fingerprint density at radius 3 is 1.81 bits per heavy atom. The van der Waals surface area contributed by atoms with Gasteiger partial charge in [0.05, 0.1) is 31.3 Å². The highest BCUT2D eigenvalue weighted by molar-refractivity contribution is 5.99. The quantitative estimate of drug-likeness (QED) is 0.815. The van der Waals surface area contributed by atoms with Crippen LogP contribution in [0.25, 0.3) is 0 Å². The number of rotatable bonds is 5. The Balaban J connectivity index is 2.57. The van der Waals surface area contributed by atoms with Crippen LogP contribution in [0.3, 0.4) is 0 Å². The van der Waals surface area contributed by atoms with Crippen molar-refractivity contribution in [2.45, 2.75) is 26.3 Å². The van der Waals surface area contributed by atoms with Crippen LogP contribution in [-0.4, -0.2) is 45.2 Å². The van der Waals surface area contributed by atoms with E-state index < -0.39 is 17.9 Å². The highest BCUT2D eigenvalue weighted by Crippen LogP contribution is 2.39. The van der Waals surface area contributed by atoms with Gasteiger partial charge in [-0.1, -0.05) is 24.3 Å². The molecular formula is C20H26N2O4. The van der Waals surface area contributed by atoms with Gasteiger partial charge in [-0.25, -0.2) is 9.59 Å². The van der Waals surface area contributed by atoms with Crippen molar-refractivity contribution in [1.29, 1.82) is 0 Å². The van der Waals surface area contributed by atoms with E-state index in [4.69, 9.17) is 9.47 Å². The first-order valence-corrected chi connectivity index (χ1v) is 8.38. The van der Waals surface area contributed by atoms with Crippen LogP contribution in [0.2, 0.25) is 0 Å². The van der Waals surface area contributed by atoms with Crippen molar-refractivity contribution in [3.63, 3.8) is 0 Å². The van der Waals surface area contributed by atoms with Gasteiger partial charge in [0, 0.05) is 17.9 Å². The molecule has 1 aliphatic rings. The maximum Gasteiger partial charge on any atom is 0.336 e. The minimum atomic E-state index is -0.537. The Bertz CT molecular complexity index is 723. The van der Waals surface area contributed by atoms with Crippen molar-refractivity contribution in [2.24, 2.45) is 0 Å². The topological polar surface area (TPSA) is 67.9 Å². The van der Waals surface area contributed by atoms with Gasteiger partial charge < -0.3 is 19.7 Å². The molecule has 0 radical (unpaired) electrons. The smallest absolute Gasteiger partial charge is 0.336 e. The molecule has 140 valence electrons. The third kappa shape index (κ3) is 3.96. The van der Waals surface area contributed by atoms with Crippen LogP contribution in [0.15, 0.2) is 46.8 Å². The molecule has 2 rings (SSSR count). The van der Waals surface area contributed by atoms with E-state index in [1.54, 1.807) is 13.8 Å². The van der Waals surface area contributed by atoms with E-state index in [9.17, 15) is 9.59 Å². The number of hydrogen-bond acceptors (Lipinski definition) is 6. The lowest BCUT2D eigenvalue weighted by Gasteiger charge is -2.30. The largest absolute Gasteiger partial charge is 0.466 e. The minimum absolute atomic E-state index is 0.416. The van der Waals surface area contributed by atoms with E-state index in [2.05, 4.69) is 10.2 Å². The second-order valence-electron chi connectivity index (χ2n) is 6.60. The number of carbonyl (C=O) groups is 2. The van der Waals surface area contributed by atoms with Crippen LogP contribution in [0.5, 0.6) is 0 Å². The van der Waals surface area contributed by atoms with Gasteiger partial charge in [-0.15, -0.1) is 0 Å². The Labute approximate surface area is 154 Å². The number of dihydropyridines is 1. The molecule has 1 aromatic carbocycles. The summed E-state index contributed by atoms with van der Waals surface area (Å²) in [4.78, 5) is 26.9. The average molecular weight is 358 g/mol. The molecule has 1 heterocycles. The fourth-order valence-electron chi connectivity index (χ4n) is 3.27. The van der Waals surface area contributed by atoms with Crippen LogP contribution in [0.1, 0.15) is 30.9 Å². The number of allylic oxidation sites excluding steroid dienone is 2. The summed E-state index contributed by atoms with van der Waals surface area (Å²) in [5, 5.41) is 3.10. The second kappa shape index (κ2) is 8.19. The molecule has 1 aliphatic heterocycles. The van der Waals surface area contributed by atoms with E-state index in [1.807, 2.05) is 38.4 Å². The first-order chi connectivity index (χ1) is 12.3. The van der Waals surface area contributed by atoms with Gasteiger partial charge in [0.25, 0.3) is 0 Å². The van der Waals surface area contributed by atoms with Gasteiger partial charge in [0.1, 0.15) is 0 Å². The zero-order valence-corrected chi connectivity index (χ0v) is 16.2. The highest BCUT2D eigenvalue weighted by atomic mass is 16.5. The number of carbonyl (C=O) groups excluding carboxylic acids is 2. The van der Waals surface area contributed by atoms with Crippen LogP contribution in [0.4, 0.5) is 0 Å². The second-order valence-corrected chi connectivity index (χ2v) is 6.60. The van der Waals surface area contributed by atoms with Crippen molar-refractivity contribution in [3.8, 4) is 0 Å². The van der Waals surface area contributed by atoms with E-state index in [-0.39, 0.29) is 0 Å². The molecule has 6 heteroatoms. The Morgan fingerprint density at radius 1 is 0.962 bits per heavy atom. The fourth-order valence-corrected chi connectivity index (χ4v) is 3.27. The minimum Gasteiger partial charge on any atom is -0.466 e. The van der Waals surface area contributed by atoms with Gasteiger partial charge >= 0.3 is 11.9 Å². The van der Waals surface area contributed by atoms with Gasteiger partial charge in [-0.3, -0.25) is 0 Å². The van der Waals surface area contributed by atoms with Crippen LogP contribution in [0, 0.1) is 0 Å². The van der Waals surface area contributed by atoms with Crippen molar-refractivity contribution < 1.29 is 19.1 Å². The summed E-state index contributed by atoms with van der Waals surface area (Å²) in [6.07, 6.45) is 0. The Morgan fingerprint density at radius 2 is 1.42 bits per heavy atom. The summed E-state index contributed by atoms with van der Waals surface area (Å²) >= 11 is 0. The number of nitrogens with one attached hydrogen (secondary N) is 1. The molecule has 1 aromatic rings. The zero-order chi connectivity index (χ0) is 19.4. The van der Waals surface area contributed by atoms with Crippen molar-refractivity contribution in [3.05, 3.63) is 57.9 Å². The standard InChI is InChI=1S/C20H26N2O4/c1-12-16(19(23)25-5)18(17(13(2)21-12)20(24)26-6)15-9-7-14(8-10-15)11-22(3)4/h7-10,18,21H,11H2,1-6H3. The average Bonchev–Trinajstić information content (AvgIpc) is 2.60. The van der Waals surface area contributed by atoms with E-state index in [0.717, 1.165) is 17.7 Å². The monoisotopic (exact) mass is 358 g/mol. The van der Waals surface area contributed by atoms with Crippen molar-refractivity contribution in [1.82, 2.24) is 10.2 Å². The third-order valence-corrected chi connectivity index (χ3v) is 4.38. The van der Waals surface area contributed by atoms with Crippen LogP contribution < -0.4 is 5.32 Å². The summed E-state index contributed by atoms with van der Waals surface area (Å²) in [6, 6.07) is 7.90. The van der Waals surface area contributed by atoms with Crippen molar-refractivity contribution in [2.75, 3.05) is 28.3 Å². The van der Waals surface area contributed by atoms with Gasteiger partial charge in [0.2, 0.25) is 0 Å². The molecule has 0 saturated carbocycles. The van der Waals surface area contributed by atoms with Crippen LogP contribution >= 0.6 is 0 Å². The molecule has 0 unspecified atom stereocenters. The molecule has 0 spiro atoms. The summed E-state index contributed by atoms with van der Waals surface area (Å²) < 4.78 is 9.93. The molecule has 0 amide bonds. The summed E-state index contributed by atoms with van der Waals surface area (Å²) in [5.74, 6) is -1.47. The molecular weight excluding hydrogens is 332 g/mol. The summed E-state index contributed by atoms with van der Waals surface area (Å²) in [7, 11) is 6.68.